The van der Waals surface area contributed by atoms with Crippen molar-refractivity contribution in [1.29, 1.82) is 0 Å². The molecule has 3 heterocycles. The Labute approximate surface area is 178 Å². The predicted octanol–water partition coefficient (Wildman–Crippen LogP) is 3.20. The topological polar surface area (TPSA) is 54.9 Å². The monoisotopic (exact) mass is 409 g/mol. The van der Waals surface area contributed by atoms with Gasteiger partial charge < -0.3 is 9.47 Å². The highest BCUT2D eigenvalue weighted by Crippen LogP contribution is 2.33. The van der Waals surface area contributed by atoms with E-state index in [2.05, 4.69) is 33.0 Å². The van der Waals surface area contributed by atoms with E-state index in [-0.39, 0.29) is 11.8 Å². The number of hydrogen-bond acceptors (Lipinski definition) is 6. The van der Waals surface area contributed by atoms with Crippen LogP contribution in [0.15, 0.2) is 48.8 Å². The maximum absolute atomic E-state index is 12.6. The number of pyridine rings is 1. The number of nitrogens with zero attached hydrogens (tertiary/aromatic N) is 3. The second-order valence-electron chi connectivity index (χ2n) is 8.02. The fourth-order valence-corrected chi connectivity index (χ4v) is 4.31. The van der Waals surface area contributed by atoms with Crippen molar-refractivity contribution in [1.82, 2.24) is 14.8 Å². The number of benzene rings is 1. The van der Waals surface area contributed by atoms with E-state index < -0.39 is 0 Å². The lowest BCUT2D eigenvalue weighted by atomic mass is 10.0. The lowest BCUT2D eigenvalue weighted by molar-refractivity contribution is 0.0358. The van der Waals surface area contributed by atoms with Crippen molar-refractivity contribution in [2.24, 2.45) is 0 Å². The summed E-state index contributed by atoms with van der Waals surface area (Å²) in [5.74, 6) is 1.05. The molecule has 0 radical (unpaired) electrons. The van der Waals surface area contributed by atoms with Crippen LogP contribution in [0.1, 0.15) is 41.2 Å². The quantitative estimate of drug-likeness (QED) is 0.468. The van der Waals surface area contributed by atoms with Gasteiger partial charge in [-0.3, -0.25) is 19.6 Å². The number of rotatable bonds is 9. The Hall–Kier alpha value is -2.28. The molecule has 2 aromatic rings. The molecule has 4 rings (SSSR count). The van der Waals surface area contributed by atoms with Crippen molar-refractivity contribution >= 4 is 5.78 Å². The number of aromatic nitrogens is 1. The lowest BCUT2D eigenvalue weighted by Gasteiger charge is -2.26. The van der Waals surface area contributed by atoms with E-state index in [0.717, 1.165) is 64.4 Å². The highest BCUT2D eigenvalue weighted by atomic mass is 16.5. The van der Waals surface area contributed by atoms with Gasteiger partial charge in [-0.2, -0.15) is 0 Å². The summed E-state index contributed by atoms with van der Waals surface area (Å²) in [5.41, 5.74) is 1.91. The third-order valence-electron chi connectivity index (χ3n) is 5.93. The van der Waals surface area contributed by atoms with E-state index in [1.165, 1.54) is 5.56 Å². The number of carbonyl (C=O) groups excluding carboxylic acids is 1. The molecule has 0 amide bonds. The third-order valence-corrected chi connectivity index (χ3v) is 5.93. The van der Waals surface area contributed by atoms with E-state index in [9.17, 15) is 4.79 Å². The maximum atomic E-state index is 12.6. The molecule has 6 nitrogen and oxygen atoms in total. The molecule has 0 spiro atoms. The number of Topliss-reactive ketones (excluding diaryl/α,β-unsaturated/α-hetero) is 1. The molecule has 2 aliphatic heterocycles. The van der Waals surface area contributed by atoms with Crippen molar-refractivity contribution in [3.8, 4) is 5.75 Å². The molecule has 2 aliphatic rings. The van der Waals surface area contributed by atoms with Crippen LogP contribution in [0.5, 0.6) is 5.75 Å². The van der Waals surface area contributed by atoms with Gasteiger partial charge in [0.2, 0.25) is 0 Å². The Morgan fingerprint density at radius 1 is 1.17 bits per heavy atom. The number of hydrogen-bond donors (Lipinski definition) is 0. The zero-order valence-electron chi connectivity index (χ0n) is 17.5. The average molecular weight is 410 g/mol. The van der Waals surface area contributed by atoms with Crippen molar-refractivity contribution in [3.05, 3.63) is 59.9 Å². The smallest absolute Gasteiger partial charge is 0.178 e. The van der Waals surface area contributed by atoms with E-state index in [1.807, 2.05) is 18.2 Å². The molecule has 160 valence electrons. The van der Waals surface area contributed by atoms with Gasteiger partial charge in [-0.25, -0.2) is 0 Å². The number of ketones is 1. The zero-order valence-corrected chi connectivity index (χ0v) is 17.5. The summed E-state index contributed by atoms with van der Waals surface area (Å²) in [6, 6.07) is 12.3. The van der Waals surface area contributed by atoms with Crippen LogP contribution in [0.4, 0.5) is 0 Å². The Morgan fingerprint density at radius 2 is 2.07 bits per heavy atom. The zero-order chi connectivity index (χ0) is 20.6. The molecule has 1 aromatic heterocycles. The third kappa shape index (κ3) is 5.65. The largest absolute Gasteiger partial charge is 0.494 e. The van der Waals surface area contributed by atoms with Crippen LogP contribution >= 0.6 is 0 Å². The van der Waals surface area contributed by atoms with Crippen molar-refractivity contribution in [2.45, 2.75) is 25.3 Å². The molecule has 1 aromatic carbocycles. The second-order valence-corrected chi connectivity index (χ2v) is 8.02. The molecule has 0 N–H and O–H groups in total. The molecule has 2 fully saturated rings. The minimum absolute atomic E-state index is 0.130. The number of morpholine rings is 1. The van der Waals surface area contributed by atoms with Crippen molar-refractivity contribution in [2.75, 3.05) is 52.5 Å². The average Bonchev–Trinajstić information content (AvgIpc) is 3.26. The van der Waals surface area contributed by atoms with Crippen LogP contribution in [0.2, 0.25) is 0 Å². The summed E-state index contributed by atoms with van der Waals surface area (Å²) in [4.78, 5) is 21.4. The molecule has 1 unspecified atom stereocenters. The highest BCUT2D eigenvalue weighted by molar-refractivity contribution is 5.97. The first-order chi connectivity index (χ1) is 14.8. The first-order valence-electron chi connectivity index (χ1n) is 11.0. The van der Waals surface area contributed by atoms with Crippen LogP contribution < -0.4 is 4.74 Å². The SMILES string of the molecule is O=C(CN1CCCC1c1cccc(OCCCN2CCOCC2)c1)c1cccnc1. The van der Waals surface area contributed by atoms with Gasteiger partial charge in [0.15, 0.2) is 5.78 Å². The van der Waals surface area contributed by atoms with Crippen LogP contribution in [-0.4, -0.2) is 73.1 Å². The van der Waals surface area contributed by atoms with Gasteiger partial charge in [0, 0.05) is 43.6 Å². The minimum Gasteiger partial charge on any atom is -0.494 e. The van der Waals surface area contributed by atoms with Crippen LogP contribution in [0.3, 0.4) is 0 Å². The molecule has 1 atom stereocenters. The van der Waals surface area contributed by atoms with Gasteiger partial charge in [-0.05, 0) is 55.6 Å². The molecule has 0 saturated carbocycles. The van der Waals surface area contributed by atoms with E-state index in [4.69, 9.17) is 9.47 Å². The molecule has 0 aliphatic carbocycles. The Morgan fingerprint density at radius 3 is 2.90 bits per heavy atom. The number of ether oxygens (including phenoxy) is 2. The van der Waals surface area contributed by atoms with Gasteiger partial charge in [-0.1, -0.05) is 12.1 Å². The standard InChI is InChI=1S/C24H31N3O3/c28-24(21-6-2-9-25-18-21)19-27-11-3-8-23(27)20-5-1-7-22(17-20)30-14-4-10-26-12-15-29-16-13-26/h1-2,5-7,9,17-18,23H,3-4,8,10-16,19H2. The molecule has 6 heteroatoms. The fourth-order valence-electron chi connectivity index (χ4n) is 4.31. The first kappa shape index (κ1) is 21.0. The van der Waals surface area contributed by atoms with Crippen molar-refractivity contribution in [3.63, 3.8) is 0 Å². The van der Waals surface area contributed by atoms with E-state index >= 15 is 0 Å². The lowest BCUT2D eigenvalue weighted by Crippen LogP contribution is -2.37. The molecule has 30 heavy (non-hydrogen) atoms. The summed E-state index contributed by atoms with van der Waals surface area (Å²) in [6.45, 7) is 6.86. The van der Waals surface area contributed by atoms with Gasteiger partial charge in [0.05, 0.1) is 26.4 Å². The van der Waals surface area contributed by atoms with Crippen LogP contribution in [0.25, 0.3) is 0 Å². The van der Waals surface area contributed by atoms with Gasteiger partial charge in [-0.15, -0.1) is 0 Å². The Bertz CT molecular complexity index is 808. The summed E-state index contributed by atoms with van der Waals surface area (Å²) in [5, 5.41) is 0. The van der Waals surface area contributed by atoms with Gasteiger partial charge in [0.1, 0.15) is 5.75 Å². The van der Waals surface area contributed by atoms with E-state index in [0.29, 0.717) is 18.7 Å². The summed E-state index contributed by atoms with van der Waals surface area (Å²) in [6.07, 6.45) is 6.54. The van der Waals surface area contributed by atoms with E-state index in [1.54, 1.807) is 12.4 Å². The molecular formula is C24H31N3O3. The van der Waals surface area contributed by atoms with Gasteiger partial charge >= 0.3 is 0 Å². The first-order valence-corrected chi connectivity index (χ1v) is 11.0. The maximum Gasteiger partial charge on any atom is 0.178 e. The van der Waals surface area contributed by atoms with Crippen molar-refractivity contribution < 1.29 is 14.3 Å². The minimum atomic E-state index is 0.130. The molecular weight excluding hydrogens is 378 g/mol. The Kier molecular flexibility index (Phi) is 7.45. The van der Waals surface area contributed by atoms with Crippen LogP contribution in [-0.2, 0) is 4.74 Å². The normalized spacial score (nSPS) is 20.3. The fraction of sp³-hybridized carbons (Fsp3) is 0.500. The van der Waals surface area contributed by atoms with Gasteiger partial charge in [0.25, 0.3) is 0 Å². The molecule has 2 saturated heterocycles. The number of likely N-dealkylation sites (tertiary alicyclic amines) is 1. The molecule has 0 bridgehead atoms. The second kappa shape index (κ2) is 10.7. The summed E-state index contributed by atoms with van der Waals surface area (Å²) in [7, 11) is 0. The van der Waals surface area contributed by atoms with Crippen LogP contribution in [0, 0.1) is 0 Å². The summed E-state index contributed by atoms with van der Waals surface area (Å²) >= 11 is 0. The predicted molar refractivity (Wildman–Crippen MR) is 116 cm³/mol. The number of carbonyl (C=O) groups is 1. The highest BCUT2D eigenvalue weighted by Gasteiger charge is 2.28. The summed E-state index contributed by atoms with van der Waals surface area (Å²) < 4.78 is 11.4. The Balaban J connectivity index is 1.30.